The van der Waals surface area contributed by atoms with E-state index in [1.807, 2.05) is 41.9 Å². The van der Waals surface area contributed by atoms with Gasteiger partial charge in [0.25, 0.3) is 5.91 Å². The van der Waals surface area contributed by atoms with E-state index in [0.717, 1.165) is 64.8 Å². The highest BCUT2D eigenvalue weighted by atomic mass is 32.1. The Morgan fingerprint density at radius 3 is 2.90 bits per heavy atom. The Morgan fingerprint density at radius 2 is 2.03 bits per heavy atom. The van der Waals surface area contributed by atoms with Crippen molar-refractivity contribution >= 4 is 34.3 Å². The Balaban J connectivity index is 1.41. The average molecular weight is 436 g/mol. The summed E-state index contributed by atoms with van der Waals surface area (Å²) >= 11 is 3.10. The van der Waals surface area contributed by atoms with E-state index in [-0.39, 0.29) is 5.91 Å². The van der Waals surface area contributed by atoms with Gasteiger partial charge in [-0.05, 0) is 42.8 Å². The van der Waals surface area contributed by atoms with Crippen molar-refractivity contribution in [3.8, 4) is 22.0 Å². The fraction of sp³-hybridized carbons (Fsp3) is 0.273. The summed E-state index contributed by atoms with van der Waals surface area (Å²) in [4.78, 5) is 17.3. The molecule has 0 spiro atoms. The van der Waals surface area contributed by atoms with E-state index in [1.54, 1.807) is 16.7 Å². The fourth-order valence-electron chi connectivity index (χ4n) is 3.68. The highest BCUT2D eigenvalue weighted by Crippen LogP contribution is 2.29. The minimum absolute atomic E-state index is 0.201. The number of nitrogens with zero attached hydrogens (tertiary/aromatic N) is 4. The number of hydrogen-bond donors (Lipinski definition) is 1. The highest BCUT2D eigenvalue weighted by molar-refractivity contribution is 7.14. The second-order valence-corrected chi connectivity index (χ2v) is 9.07. The van der Waals surface area contributed by atoms with Crippen molar-refractivity contribution in [1.82, 2.24) is 19.7 Å². The number of hydrogen-bond acceptors (Lipinski definition) is 6. The minimum atomic E-state index is -0.201. The maximum atomic E-state index is 12.8. The van der Waals surface area contributed by atoms with Crippen LogP contribution >= 0.6 is 22.7 Å². The standard InChI is InChI=1S/C22H21N5OS2/c1-14-6-7-15(20-26-25-19-5-3-2-4-9-27(19)20)11-17(14)23-21(28)18-13-30-22(24-18)16-8-10-29-12-16/h6-8,10-13H,2-5,9H2,1H3,(H,23,28). The number of carbonyl (C=O) groups is 1. The first-order valence-electron chi connectivity index (χ1n) is 10.0. The van der Waals surface area contributed by atoms with Crippen molar-refractivity contribution < 1.29 is 4.79 Å². The second-order valence-electron chi connectivity index (χ2n) is 7.44. The predicted octanol–water partition coefficient (Wildman–Crippen LogP) is 5.42. The largest absolute Gasteiger partial charge is 0.320 e. The SMILES string of the molecule is Cc1ccc(-c2nnc3n2CCCCC3)cc1NC(=O)c1csc(-c2ccsc2)n1. The van der Waals surface area contributed by atoms with Gasteiger partial charge in [0.15, 0.2) is 5.82 Å². The number of thiophene rings is 1. The van der Waals surface area contributed by atoms with Gasteiger partial charge in [-0.1, -0.05) is 18.6 Å². The van der Waals surface area contributed by atoms with Gasteiger partial charge >= 0.3 is 0 Å². The number of aryl methyl sites for hydroxylation is 2. The molecule has 30 heavy (non-hydrogen) atoms. The van der Waals surface area contributed by atoms with Crippen LogP contribution in [0.2, 0.25) is 0 Å². The number of benzene rings is 1. The summed E-state index contributed by atoms with van der Waals surface area (Å²) < 4.78 is 2.22. The molecule has 1 N–H and O–H groups in total. The van der Waals surface area contributed by atoms with Crippen LogP contribution < -0.4 is 5.32 Å². The van der Waals surface area contributed by atoms with Crippen LogP contribution in [-0.4, -0.2) is 25.7 Å². The molecule has 0 aliphatic carbocycles. The number of fused-ring (bicyclic) bond motifs is 1. The molecule has 1 aliphatic heterocycles. The first-order valence-corrected chi connectivity index (χ1v) is 11.8. The van der Waals surface area contributed by atoms with E-state index in [0.29, 0.717) is 5.69 Å². The van der Waals surface area contributed by atoms with Crippen LogP contribution in [0.25, 0.3) is 22.0 Å². The molecule has 4 aromatic rings. The number of anilines is 1. The molecule has 8 heteroatoms. The Morgan fingerprint density at radius 1 is 1.10 bits per heavy atom. The molecule has 5 rings (SSSR count). The van der Waals surface area contributed by atoms with Crippen molar-refractivity contribution in [2.45, 2.75) is 39.2 Å². The normalized spacial score (nSPS) is 13.6. The summed E-state index contributed by atoms with van der Waals surface area (Å²) in [5, 5.41) is 18.6. The van der Waals surface area contributed by atoms with Crippen molar-refractivity contribution in [3.05, 3.63) is 57.5 Å². The van der Waals surface area contributed by atoms with E-state index in [1.165, 1.54) is 17.8 Å². The minimum Gasteiger partial charge on any atom is -0.320 e. The number of amides is 1. The van der Waals surface area contributed by atoms with E-state index in [2.05, 4.69) is 25.1 Å². The lowest BCUT2D eigenvalue weighted by atomic mass is 10.1. The van der Waals surface area contributed by atoms with Gasteiger partial charge in [0.2, 0.25) is 0 Å². The molecule has 0 bridgehead atoms. The van der Waals surface area contributed by atoms with Crippen LogP contribution in [-0.2, 0) is 13.0 Å². The quantitative estimate of drug-likeness (QED) is 0.465. The van der Waals surface area contributed by atoms with Gasteiger partial charge in [-0.3, -0.25) is 4.79 Å². The van der Waals surface area contributed by atoms with Crippen LogP contribution in [0.4, 0.5) is 5.69 Å². The topological polar surface area (TPSA) is 72.7 Å². The lowest BCUT2D eigenvalue weighted by Gasteiger charge is -2.11. The van der Waals surface area contributed by atoms with Crippen LogP contribution in [0.3, 0.4) is 0 Å². The van der Waals surface area contributed by atoms with Crippen molar-refractivity contribution in [1.29, 1.82) is 0 Å². The fourth-order valence-corrected chi connectivity index (χ4v) is 5.19. The molecule has 3 aromatic heterocycles. The number of rotatable bonds is 4. The van der Waals surface area contributed by atoms with E-state index < -0.39 is 0 Å². The summed E-state index contributed by atoms with van der Waals surface area (Å²) in [6.07, 6.45) is 4.50. The predicted molar refractivity (Wildman–Crippen MR) is 121 cm³/mol. The van der Waals surface area contributed by atoms with Gasteiger partial charge in [0, 0.05) is 40.5 Å². The second kappa shape index (κ2) is 8.12. The summed E-state index contributed by atoms with van der Waals surface area (Å²) in [5.41, 5.74) is 4.22. The van der Waals surface area contributed by atoms with Gasteiger partial charge in [-0.2, -0.15) is 11.3 Å². The van der Waals surface area contributed by atoms with Gasteiger partial charge in [0.05, 0.1) is 0 Å². The zero-order chi connectivity index (χ0) is 20.5. The Bertz CT molecular complexity index is 1190. The highest BCUT2D eigenvalue weighted by Gasteiger charge is 2.18. The van der Waals surface area contributed by atoms with Crippen LogP contribution in [0.15, 0.2) is 40.4 Å². The van der Waals surface area contributed by atoms with Gasteiger partial charge in [-0.15, -0.1) is 21.5 Å². The summed E-state index contributed by atoms with van der Waals surface area (Å²) in [6, 6.07) is 8.06. The van der Waals surface area contributed by atoms with Crippen LogP contribution in [0, 0.1) is 6.92 Å². The zero-order valence-electron chi connectivity index (χ0n) is 16.6. The molecule has 1 amide bonds. The average Bonchev–Trinajstić information content (AvgIpc) is 3.48. The zero-order valence-corrected chi connectivity index (χ0v) is 18.2. The molecule has 0 saturated heterocycles. The molecule has 0 saturated carbocycles. The molecule has 0 atom stereocenters. The first kappa shape index (κ1) is 19.1. The van der Waals surface area contributed by atoms with Crippen molar-refractivity contribution in [2.24, 2.45) is 0 Å². The number of carbonyl (C=O) groups excluding carboxylic acids is 1. The molecular weight excluding hydrogens is 414 g/mol. The summed E-state index contributed by atoms with van der Waals surface area (Å²) in [5.74, 6) is 1.72. The Kier molecular flexibility index (Phi) is 5.18. The molecule has 1 aromatic carbocycles. The third-order valence-corrected chi connectivity index (χ3v) is 6.93. The van der Waals surface area contributed by atoms with Gasteiger partial charge in [-0.25, -0.2) is 4.98 Å². The summed E-state index contributed by atoms with van der Waals surface area (Å²) in [6.45, 7) is 2.93. The lowest BCUT2D eigenvalue weighted by molar-refractivity contribution is 0.102. The van der Waals surface area contributed by atoms with Crippen LogP contribution in [0.1, 0.15) is 41.1 Å². The van der Waals surface area contributed by atoms with Gasteiger partial charge < -0.3 is 9.88 Å². The molecule has 4 heterocycles. The Hall–Kier alpha value is -2.84. The smallest absolute Gasteiger partial charge is 0.275 e. The number of nitrogens with one attached hydrogen (secondary N) is 1. The monoisotopic (exact) mass is 435 g/mol. The van der Waals surface area contributed by atoms with Crippen molar-refractivity contribution in [3.63, 3.8) is 0 Å². The van der Waals surface area contributed by atoms with E-state index in [4.69, 9.17) is 0 Å². The van der Waals surface area contributed by atoms with Crippen molar-refractivity contribution in [2.75, 3.05) is 5.32 Å². The Labute approximate surface area is 182 Å². The molecule has 1 aliphatic rings. The molecule has 0 unspecified atom stereocenters. The van der Waals surface area contributed by atoms with E-state index >= 15 is 0 Å². The molecule has 6 nitrogen and oxygen atoms in total. The number of thiazole rings is 1. The first-order chi connectivity index (χ1) is 14.7. The maximum absolute atomic E-state index is 12.8. The summed E-state index contributed by atoms with van der Waals surface area (Å²) in [7, 11) is 0. The third-order valence-electron chi connectivity index (χ3n) is 5.36. The lowest BCUT2D eigenvalue weighted by Crippen LogP contribution is -2.13. The molecule has 152 valence electrons. The third kappa shape index (κ3) is 3.68. The molecular formula is C22H21N5OS2. The van der Waals surface area contributed by atoms with E-state index in [9.17, 15) is 4.79 Å². The molecule has 0 radical (unpaired) electrons. The van der Waals surface area contributed by atoms with Crippen LogP contribution in [0.5, 0.6) is 0 Å². The van der Waals surface area contributed by atoms with Gasteiger partial charge in [0.1, 0.15) is 16.5 Å². The molecule has 0 fully saturated rings. The maximum Gasteiger partial charge on any atom is 0.275 e. The number of aromatic nitrogens is 4.